The number of carbonyl (C=O) groups is 1. The minimum atomic E-state index is -1.07. The second-order valence-corrected chi connectivity index (χ2v) is 3.84. The Morgan fingerprint density at radius 1 is 1.40 bits per heavy atom. The van der Waals surface area contributed by atoms with Crippen LogP contribution in [0.4, 0.5) is 0 Å². The highest BCUT2D eigenvalue weighted by atomic mass is 35.5. The minimum Gasteiger partial charge on any atom is -0.475 e. The van der Waals surface area contributed by atoms with Gasteiger partial charge in [0.1, 0.15) is 5.58 Å². The van der Waals surface area contributed by atoms with Gasteiger partial charge in [-0.3, -0.25) is 0 Å². The lowest BCUT2D eigenvalue weighted by atomic mass is 10.1. The molecule has 0 saturated carbocycles. The van der Waals surface area contributed by atoms with E-state index in [1.54, 1.807) is 6.07 Å². The summed E-state index contributed by atoms with van der Waals surface area (Å²) in [7, 11) is 0. The normalized spacial score (nSPS) is 10.9. The molecule has 2 aromatic rings. The number of halogens is 1. The predicted molar refractivity (Wildman–Crippen MR) is 57.7 cm³/mol. The number of furan rings is 1. The van der Waals surface area contributed by atoms with Gasteiger partial charge in [0.15, 0.2) is 0 Å². The molecule has 0 fully saturated rings. The van der Waals surface area contributed by atoms with Gasteiger partial charge in [0.25, 0.3) is 0 Å². The molecule has 1 aromatic carbocycles. The van der Waals surface area contributed by atoms with Crippen molar-refractivity contribution in [3.63, 3.8) is 0 Å². The molecular formula is C11H9ClO3. The zero-order valence-electron chi connectivity index (χ0n) is 8.30. The lowest BCUT2D eigenvalue weighted by Gasteiger charge is -2.01. The summed E-state index contributed by atoms with van der Waals surface area (Å²) in [5, 5.41) is 10.2. The van der Waals surface area contributed by atoms with Crippen LogP contribution in [0.2, 0.25) is 5.02 Å². The van der Waals surface area contributed by atoms with E-state index in [1.165, 1.54) is 6.07 Å². The van der Waals surface area contributed by atoms with E-state index in [1.807, 2.05) is 13.8 Å². The molecule has 0 aliphatic heterocycles. The van der Waals surface area contributed by atoms with Gasteiger partial charge in [-0.05, 0) is 37.1 Å². The number of carboxylic acid groups (broad SMARTS) is 1. The average molecular weight is 225 g/mol. The Hall–Kier alpha value is -1.48. The Morgan fingerprint density at radius 3 is 2.67 bits per heavy atom. The third-order valence-electron chi connectivity index (χ3n) is 2.40. The molecule has 0 aliphatic rings. The molecule has 1 N–H and O–H groups in total. The number of hydrogen-bond acceptors (Lipinski definition) is 2. The lowest BCUT2D eigenvalue weighted by Crippen LogP contribution is -1.91. The smallest absolute Gasteiger partial charge is 0.371 e. The summed E-state index contributed by atoms with van der Waals surface area (Å²) >= 11 is 6.06. The van der Waals surface area contributed by atoms with Crippen molar-refractivity contribution in [2.75, 3.05) is 0 Å². The van der Waals surface area contributed by atoms with Crippen LogP contribution in [-0.4, -0.2) is 11.1 Å². The quantitative estimate of drug-likeness (QED) is 0.808. The number of rotatable bonds is 1. The van der Waals surface area contributed by atoms with Crippen LogP contribution in [0, 0.1) is 13.8 Å². The van der Waals surface area contributed by atoms with Crippen LogP contribution in [0.5, 0.6) is 0 Å². The molecule has 0 spiro atoms. The summed E-state index contributed by atoms with van der Waals surface area (Å²) in [6, 6.07) is 3.25. The Morgan fingerprint density at radius 2 is 2.07 bits per heavy atom. The van der Waals surface area contributed by atoms with E-state index in [-0.39, 0.29) is 5.76 Å². The van der Waals surface area contributed by atoms with Crippen molar-refractivity contribution in [3.8, 4) is 0 Å². The first kappa shape index (κ1) is 10.1. The van der Waals surface area contributed by atoms with Gasteiger partial charge in [-0.25, -0.2) is 4.79 Å². The maximum absolute atomic E-state index is 10.7. The fourth-order valence-corrected chi connectivity index (χ4v) is 1.74. The Labute approximate surface area is 91.3 Å². The van der Waals surface area contributed by atoms with Gasteiger partial charge in [-0.2, -0.15) is 0 Å². The summed E-state index contributed by atoms with van der Waals surface area (Å²) in [5.41, 5.74) is 2.29. The summed E-state index contributed by atoms with van der Waals surface area (Å²) in [6.07, 6.45) is 0. The third kappa shape index (κ3) is 1.49. The average Bonchev–Trinajstić information content (AvgIpc) is 2.58. The van der Waals surface area contributed by atoms with E-state index < -0.39 is 5.97 Å². The SMILES string of the molecule is Cc1cc2oc(C(=O)O)cc2c(C)c1Cl. The van der Waals surface area contributed by atoms with Crippen molar-refractivity contribution in [3.05, 3.63) is 34.0 Å². The van der Waals surface area contributed by atoms with Crippen molar-refractivity contribution in [1.29, 1.82) is 0 Å². The summed E-state index contributed by atoms with van der Waals surface area (Å²) in [6.45, 7) is 3.70. The molecule has 2 rings (SSSR count). The number of fused-ring (bicyclic) bond motifs is 1. The van der Waals surface area contributed by atoms with Crippen LogP contribution in [-0.2, 0) is 0 Å². The number of benzene rings is 1. The topological polar surface area (TPSA) is 50.4 Å². The largest absolute Gasteiger partial charge is 0.475 e. The first-order chi connectivity index (χ1) is 7.00. The summed E-state index contributed by atoms with van der Waals surface area (Å²) < 4.78 is 5.19. The van der Waals surface area contributed by atoms with E-state index in [0.717, 1.165) is 16.5 Å². The first-order valence-electron chi connectivity index (χ1n) is 4.43. The summed E-state index contributed by atoms with van der Waals surface area (Å²) in [4.78, 5) is 10.7. The molecule has 1 heterocycles. The molecule has 4 heteroatoms. The molecule has 3 nitrogen and oxygen atoms in total. The van der Waals surface area contributed by atoms with E-state index >= 15 is 0 Å². The molecule has 78 valence electrons. The molecule has 15 heavy (non-hydrogen) atoms. The van der Waals surface area contributed by atoms with E-state index in [0.29, 0.717) is 10.6 Å². The van der Waals surface area contributed by atoms with Gasteiger partial charge in [-0.15, -0.1) is 0 Å². The maximum Gasteiger partial charge on any atom is 0.371 e. The monoisotopic (exact) mass is 224 g/mol. The lowest BCUT2D eigenvalue weighted by molar-refractivity contribution is 0.0665. The van der Waals surface area contributed by atoms with Crippen LogP contribution < -0.4 is 0 Å². The van der Waals surface area contributed by atoms with Gasteiger partial charge < -0.3 is 9.52 Å². The van der Waals surface area contributed by atoms with E-state index in [4.69, 9.17) is 21.1 Å². The Bertz CT molecular complexity index is 554. The second-order valence-electron chi connectivity index (χ2n) is 3.46. The van der Waals surface area contributed by atoms with Crippen molar-refractivity contribution < 1.29 is 14.3 Å². The van der Waals surface area contributed by atoms with E-state index in [2.05, 4.69) is 0 Å². The number of hydrogen-bond donors (Lipinski definition) is 1. The van der Waals surface area contributed by atoms with Gasteiger partial charge >= 0.3 is 5.97 Å². The van der Waals surface area contributed by atoms with Crippen LogP contribution in [0.1, 0.15) is 21.7 Å². The maximum atomic E-state index is 10.7. The zero-order valence-corrected chi connectivity index (χ0v) is 9.05. The zero-order chi connectivity index (χ0) is 11.2. The molecule has 0 atom stereocenters. The van der Waals surface area contributed by atoms with Gasteiger partial charge in [0.2, 0.25) is 5.76 Å². The molecule has 1 aromatic heterocycles. The van der Waals surface area contributed by atoms with Crippen molar-refractivity contribution in [2.45, 2.75) is 13.8 Å². The summed E-state index contributed by atoms with van der Waals surface area (Å²) in [5.74, 6) is -1.13. The van der Waals surface area contributed by atoms with Gasteiger partial charge in [0, 0.05) is 10.4 Å². The number of aromatic carboxylic acids is 1. The van der Waals surface area contributed by atoms with Gasteiger partial charge in [0.05, 0.1) is 0 Å². The molecule has 0 radical (unpaired) electrons. The standard InChI is InChI=1S/C11H9ClO3/c1-5-3-8-7(6(2)10(5)12)4-9(15-8)11(13)14/h3-4H,1-2H3,(H,13,14). The van der Waals surface area contributed by atoms with Crippen LogP contribution in [0.25, 0.3) is 11.0 Å². The highest BCUT2D eigenvalue weighted by Crippen LogP contribution is 2.31. The molecule has 0 aliphatic carbocycles. The first-order valence-corrected chi connectivity index (χ1v) is 4.81. The van der Waals surface area contributed by atoms with Crippen molar-refractivity contribution in [1.82, 2.24) is 0 Å². The Kier molecular flexibility index (Phi) is 2.20. The number of aryl methyl sites for hydroxylation is 2. The third-order valence-corrected chi connectivity index (χ3v) is 2.98. The van der Waals surface area contributed by atoms with Crippen LogP contribution in [0.3, 0.4) is 0 Å². The number of carboxylic acids is 1. The highest BCUT2D eigenvalue weighted by molar-refractivity contribution is 6.33. The molecular weight excluding hydrogens is 216 g/mol. The van der Waals surface area contributed by atoms with Crippen molar-refractivity contribution in [2.24, 2.45) is 0 Å². The van der Waals surface area contributed by atoms with Crippen molar-refractivity contribution >= 4 is 28.5 Å². The minimum absolute atomic E-state index is 0.0604. The van der Waals surface area contributed by atoms with Crippen LogP contribution >= 0.6 is 11.6 Å². The van der Waals surface area contributed by atoms with Gasteiger partial charge in [-0.1, -0.05) is 11.6 Å². The Balaban J connectivity index is 2.82. The second kappa shape index (κ2) is 3.28. The van der Waals surface area contributed by atoms with Crippen LogP contribution in [0.15, 0.2) is 16.5 Å². The molecule has 0 saturated heterocycles. The van der Waals surface area contributed by atoms with E-state index in [9.17, 15) is 4.79 Å². The molecule has 0 bridgehead atoms. The fourth-order valence-electron chi connectivity index (χ4n) is 1.58. The predicted octanol–water partition coefficient (Wildman–Crippen LogP) is 3.40. The highest BCUT2D eigenvalue weighted by Gasteiger charge is 2.14. The molecule has 0 amide bonds. The fraction of sp³-hybridized carbons (Fsp3) is 0.182. The molecule has 0 unspecified atom stereocenters.